The quantitative estimate of drug-likeness (QED) is 0.649. The molecule has 1 rings (SSSR count). The Morgan fingerprint density at radius 2 is 1.12 bits per heavy atom. The van der Waals surface area contributed by atoms with Gasteiger partial charge in [0.2, 0.25) is 0 Å². The van der Waals surface area contributed by atoms with Gasteiger partial charge >= 0.3 is 0 Å². The van der Waals surface area contributed by atoms with Crippen LogP contribution in [0, 0.1) is 13.8 Å². The van der Waals surface area contributed by atoms with Crippen LogP contribution >= 0.6 is 0 Å². The Hall–Kier alpha value is -1.44. The largest absolute Gasteiger partial charge is 0.258 e. The fourth-order valence-electron chi connectivity index (χ4n) is 1.55. The van der Waals surface area contributed by atoms with Gasteiger partial charge in [0.25, 0.3) is 0 Å². The third-order valence-electron chi connectivity index (χ3n) is 2.20. The van der Waals surface area contributed by atoms with Gasteiger partial charge in [-0.2, -0.15) is 0 Å². The van der Waals surface area contributed by atoms with Crippen LogP contribution in [-0.4, -0.2) is 11.4 Å². The fraction of sp³-hybridized carbons (Fsp3) is 0.429. The van der Waals surface area contributed by atoms with E-state index in [9.17, 15) is 0 Å². The normalized spacial score (nSPS) is 9.88. The van der Waals surface area contributed by atoms with Gasteiger partial charge in [-0.3, -0.25) is 9.98 Å². The number of rotatable bonds is 2. The molecule has 16 heavy (non-hydrogen) atoms. The van der Waals surface area contributed by atoms with E-state index in [-0.39, 0.29) is 0 Å². The zero-order valence-electron chi connectivity index (χ0n) is 11.0. The first-order chi connectivity index (χ1) is 7.40. The van der Waals surface area contributed by atoms with E-state index < -0.39 is 0 Å². The molecule has 0 saturated heterocycles. The molecule has 1 aromatic rings. The molecule has 0 unspecified atom stereocenters. The minimum Gasteiger partial charge on any atom is -0.258 e. The van der Waals surface area contributed by atoms with Gasteiger partial charge in [-0.05, 0) is 58.7 Å². The molecule has 0 heterocycles. The van der Waals surface area contributed by atoms with Crippen LogP contribution in [0.2, 0.25) is 0 Å². The van der Waals surface area contributed by atoms with E-state index >= 15 is 0 Å². The third kappa shape index (κ3) is 3.30. The van der Waals surface area contributed by atoms with Crippen molar-refractivity contribution in [2.45, 2.75) is 41.5 Å². The predicted octanol–water partition coefficient (Wildman–Crippen LogP) is 4.53. The van der Waals surface area contributed by atoms with E-state index in [1.807, 2.05) is 27.7 Å². The van der Waals surface area contributed by atoms with Crippen LogP contribution in [0.25, 0.3) is 0 Å². The molecule has 0 aliphatic carbocycles. The molecule has 86 valence electrons. The predicted molar refractivity (Wildman–Crippen MR) is 72.8 cm³/mol. The minimum absolute atomic E-state index is 1.02. The lowest BCUT2D eigenvalue weighted by Gasteiger charge is -2.07. The summed E-state index contributed by atoms with van der Waals surface area (Å²) in [6, 6.07) is 4.20. The summed E-state index contributed by atoms with van der Waals surface area (Å²) < 4.78 is 0. The summed E-state index contributed by atoms with van der Waals surface area (Å²) in [5, 5.41) is 0. The number of nitrogens with zero attached hydrogens (tertiary/aromatic N) is 2. The summed E-state index contributed by atoms with van der Waals surface area (Å²) in [6.07, 6.45) is 0. The average molecular weight is 216 g/mol. The summed E-state index contributed by atoms with van der Waals surface area (Å²) in [7, 11) is 0. The number of hydrogen-bond acceptors (Lipinski definition) is 2. The summed E-state index contributed by atoms with van der Waals surface area (Å²) in [6.45, 7) is 12.2. The van der Waals surface area contributed by atoms with Crippen molar-refractivity contribution in [1.82, 2.24) is 0 Å². The van der Waals surface area contributed by atoms with Gasteiger partial charge in [-0.1, -0.05) is 6.07 Å². The zero-order chi connectivity index (χ0) is 12.3. The maximum atomic E-state index is 4.52. The summed E-state index contributed by atoms with van der Waals surface area (Å²) >= 11 is 0. The zero-order valence-corrected chi connectivity index (χ0v) is 11.0. The van der Waals surface area contributed by atoms with Gasteiger partial charge in [0, 0.05) is 11.4 Å². The van der Waals surface area contributed by atoms with Crippen LogP contribution in [0.15, 0.2) is 22.1 Å². The molecule has 2 nitrogen and oxygen atoms in total. The molecule has 0 aromatic heterocycles. The SMILES string of the molecule is CC(C)=Nc1cc(N=C(C)C)c(C)cc1C. The van der Waals surface area contributed by atoms with E-state index in [0.717, 1.165) is 22.8 Å². The van der Waals surface area contributed by atoms with Gasteiger partial charge in [0.1, 0.15) is 0 Å². The molecule has 0 radical (unpaired) electrons. The average Bonchev–Trinajstić information content (AvgIpc) is 2.11. The molecule has 0 aliphatic rings. The Balaban J connectivity index is 3.33. The molecule has 0 saturated carbocycles. The molecule has 2 heteroatoms. The summed E-state index contributed by atoms with van der Waals surface area (Å²) in [5.41, 5.74) is 6.57. The molecule has 0 amide bonds. The van der Waals surface area contributed by atoms with E-state index in [0.29, 0.717) is 0 Å². The number of hydrogen-bond donors (Lipinski definition) is 0. The fourth-order valence-corrected chi connectivity index (χ4v) is 1.55. The van der Waals surface area contributed by atoms with Crippen LogP contribution in [0.5, 0.6) is 0 Å². The maximum Gasteiger partial charge on any atom is 0.0679 e. The van der Waals surface area contributed by atoms with Crippen LogP contribution < -0.4 is 0 Å². The molecule has 0 N–H and O–H groups in total. The lowest BCUT2D eigenvalue weighted by Crippen LogP contribution is -1.86. The van der Waals surface area contributed by atoms with Crippen molar-refractivity contribution >= 4 is 22.8 Å². The van der Waals surface area contributed by atoms with Crippen molar-refractivity contribution in [1.29, 1.82) is 0 Å². The second-order valence-electron chi connectivity index (χ2n) is 4.54. The van der Waals surface area contributed by atoms with Gasteiger partial charge in [-0.25, -0.2) is 0 Å². The highest BCUT2D eigenvalue weighted by atomic mass is 14.8. The Kier molecular flexibility index (Phi) is 3.99. The van der Waals surface area contributed by atoms with Crippen molar-refractivity contribution in [2.24, 2.45) is 9.98 Å². The standard InChI is InChI=1S/C14H20N2/c1-9(2)15-13-8-14(16-10(3)4)12(6)7-11(13)5/h7-8H,1-6H3. The monoisotopic (exact) mass is 216 g/mol. The molecule has 1 aromatic carbocycles. The molecule has 0 aliphatic heterocycles. The van der Waals surface area contributed by atoms with Crippen molar-refractivity contribution in [3.63, 3.8) is 0 Å². The Morgan fingerprint density at radius 1 is 0.750 bits per heavy atom. The van der Waals surface area contributed by atoms with E-state index in [1.165, 1.54) is 11.1 Å². The van der Waals surface area contributed by atoms with Crippen molar-refractivity contribution in [3.05, 3.63) is 23.3 Å². The molecule has 0 spiro atoms. The Labute approximate surface area is 98.1 Å². The second-order valence-corrected chi connectivity index (χ2v) is 4.54. The molecule has 0 atom stereocenters. The Bertz CT molecular complexity index is 407. The first-order valence-electron chi connectivity index (χ1n) is 5.55. The highest BCUT2D eigenvalue weighted by molar-refractivity contribution is 5.85. The molecular weight excluding hydrogens is 196 g/mol. The number of benzene rings is 1. The lowest BCUT2D eigenvalue weighted by molar-refractivity contribution is 1.31. The molecule has 0 fully saturated rings. The summed E-state index contributed by atoms with van der Waals surface area (Å²) in [5.74, 6) is 0. The topological polar surface area (TPSA) is 24.7 Å². The van der Waals surface area contributed by atoms with E-state index in [4.69, 9.17) is 0 Å². The lowest BCUT2D eigenvalue weighted by atomic mass is 10.1. The van der Waals surface area contributed by atoms with Crippen molar-refractivity contribution in [3.8, 4) is 0 Å². The molecule has 0 bridgehead atoms. The van der Waals surface area contributed by atoms with Crippen LogP contribution in [0.1, 0.15) is 38.8 Å². The number of aryl methyl sites for hydroxylation is 2. The third-order valence-corrected chi connectivity index (χ3v) is 2.20. The van der Waals surface area contributed by atoms with Gasteiger partial charge in [0.15, 0.2) is 0 Å². The minimum atomic E-state index is 1.02. The van der Waals surface area contributed by atoms with E-state index in [1.54, 1.807) is 0 Å². The van der Waals surface area contributed by atoms with Crippen LogP contribution in [0.4, 0.5) is 11.4 Å². The number of aliphatic imine (C=N–C) groups is 2. The maximum absolute atomic E-state index is 4.52. The van der Waals surface area contributed by atoms with Gasteiger partial charge < -0.3 is 0 Å². The van der Waals surface area contributed by atoms with Crippen LogP contribution in [0.3, 0.4) is 0 Å². The highest BCUT2D eigenvalue weighted by Gasteiger charge is 2.03. The van der Waals surface area contributed by atoms with Gasteiger partial charge in [0.05, 0.1) is 11.4 Å². The van der Waals surface area contributed by atoms with Crippen molar-refractivity contribution in [2.75, 3.05) is 0 Å². The van der Waals surface area contributed by atoms with Crippen molar-refractivity contribution < 1.29 is 0 Å². The first-order valence-corrected chi connectivity index (χ1v) is 5.55. The van der Waals surface area contributed by atoms with Crippen LogP contribution in [-0.2, 0) is 0 Å². The first kappa shape index (κ1) is 12.6. The Morgan fingerprint density at radius 3 is 1.44 bits per heavy atom. The smallest absolute Gasteiger partial charge is 0.0679 e. The highest BCUT2D eigenvalue weighted by Crippen LogP contribution is 2.29. The molecular formula is C14H20N2. The second kappa shape index (κ2) is 5.06. The van der Waals surface area contributed by atoms with E-state index in [2.05, 4.69) is 36.0 Å². The summed E-state index contributed by atoms with van der Waals surface area (Å²) in [4.78, 5) is 9.03. The van der Waals surface area contributed by atoms with Gasteiger partial charge in [-0.15, -0.1) is 0 Å².